The predicted octanol–water partition coefficient (Wildman–Crippen LogP) is 2.75. The molecule has 2 N–H and O–H groups in total. The van der Waals surface area contributed by atoms with Crippen molar-refractivity contribution in [1.29, 1.82) is 0 Å². The van der Waals surface area contributed by atoms with Gasteiger partial charge in [-0.15, -0.1) is 0 Å². The smallest absolute Gasteiger partial charge is 0.339 e. The number of rotatable bonds is 5. The molecule has 3 aromatic rings. The zero-order valence-corrected chi connectivity index (χ0v) is 17.0. The van der Waals surface area contributed by atoms with E-state index < -0.39 is 27.3 Å². The molecular formula is C22H22N2O5S. The summed E-state index contributed by atoms with van der Waals surface area (Å²) in [6.07, 6.45) is 0. The molecule has 7 nitrogen and oxygen atoms in total. The van der Waals surface area contributed by atoms with Crippen LogP contribution in [-0.2, 0) is 16.6 Å². The molecular weight excluding hydrogens is 404 g/mol. The molecule has 1 fully saturated rings. The van der Waals surface area contributed by atoms with E-state index >= 15 is 0 Å². The lowest BCUT2D eigenvalue weighted by molar-refractivity contribution is 0.0693. The fourth-order valence-corrected chi connectivity index (χ4v) is 5.46. The topological polar surface area (TPSA) is 98.1 Å². The number of hydrogen-bond acceptors (Lipinski definition) is 5. The number of aromatic carboxylic acids is 1. The van der Waals surface area contributed by atoms with E-state index in [1.807, 2.05) is 30.3 Å². The molecule has 1 aliphatic heterocycles. The Labute approximate surface area is 174 Å². The zero-order valence-electron chi connectivity index (χ0n) is 16.2. The first-order chi connectivity index (χ1) is 14.4. The van der Waals surface area contributed by atoms with E-state index in [4.69, 9.17) is 0 Å². The van der Waals surface area contributed by atoms with Gasteiger partial charge in [0.1, 0.15) is 11.3 Å². The van der Waals surface area contributed by atoms with Crippen LogP contribution in [0.2, 0.25) is 0 Å². The summed E-state index contributed by atoms with van der Waals surface area (Å²) in [7, 11) is -3.93. The van der Waals surface area contributed by atoms with Crippen LogP contribution >= 0.6 is 0 Å². The van der Waals surface area contributed by atoms with Crippen molar-refractivity contribution in [3.05, 3.63) is 71.8 Å². The molecule has 0 saturated carbocycles. The Morgan fingerprint density at radius 3 is 2.13 bits per heavy atom. The van der Waals surface area contributed by atoms with Crippen molar-refractivity contribution in [3.8, 4) is 5.75 Å². The lowest BCUT2D eigenvalue weighted by Crippen LogP contribution is -2.48. The summed E-state index contributed by atoms with van der Waals surface area (Å²) >= 11 is 0. The Morgan fingerprint density at radius 1 is 0.900 bits per heavy atom. The molecule has 3 aromatic carbocycles. The van der Waals surface area contributed by atoms with E-state index in [0.717, 1.165) is 12.6 Å². The number of nitrogens with zero attached hydrogens (tertiary/aromatic N) is 2. The number of phenols is 1. The van der Waals surface area contributed by atoms with Crippen LogP contribution in [0.1, 0.15) is 15.9 Å². The largest absolute Gasteiger partial charge is 0.506 e. The summed E-state index contributed by atoms with van der Waals surface area (Å²) in [5.41, 5.74) is 0.749. The van der Waals surface area contributed by atoms with Gasteiger partial charge in [-0.25, -0.2) is 13.2 Å². The number of hydrogen-bond donors (Lipinski definition) is 2. The SMILES string of the molecule is O=C(O)c1cc(S(=O)(=O)N2CCN(Cc3ccccc3)CC2)c2ccccc2c1O. The molecule has 0 spiro atoms. The van der Waals surface area contributed by atoms with Crippen LogP contribution in [-0.4, -0.2) is 60.0 Å². The van der Waals surface area contributed by atoms with Crippen molar-refractivity contribution in [3.63, 3.8) is 0 Å². The maximum atomic E-state index is 13.4. The molecule has 156 valence electrons. The molecule has 0 amide bonds. The van der Waals surface area contributed by atoms with Crippen molar-refractivity contribution in [2.75, 3.05) is 26.2 Å². The lowest BCUT2D eigenvalue weighted by Gasteiger charge is -2.34. The normalized spacial score (nSPS) is 16.0. The van der Waals surface area contributed by atoms with E-state index in [0.29, 0.717) is 31.6 Å². The Bertz CT molecular complexity index is 1190. The second kappa shape index (κ2) is 8.06. The highest BCUT2D eigenvalue weighted by Crippen LogP contribution is 2.35. The lowest BCUT2D eigenvalue weighted by atomic mass is 10.1. The number of aromatic hydroxyl groups is 1. The Hall–Kier alpha value is -2.94. The number of fused-ring (bicyclic) bond motifs is 1. The Kier molecular flexibility index (Phi) is 5.46. The molecule has 0 unspecified atom stereocenters. The summed E-state index contributed by atoms with van der Waals surface area (Å²) in [5, 5.41) is 20.2. The zero-order chi connectivity index (χ0) is 21.3. The molecule has 1 heterocycles. The molecule has 0 radical (unpaired) electrons. The standard InChI is InChI=1S/C22H22N2O5S/c25-21-18-9-5-4-8-17(18)20(14-19(21)22(26)27)30(28,29)24-12-10-23(11-13-24)15-16-6-2-1-3-7-16/h1-9,14,25H,10-13,15H2,(H,26,27). The van der Waals surface area contributed by atoms with Gasteiger partial charge in [-0.1, -0.05) is 54.6 Å². The molecule has 1 saturated heterocycles. The summed E-state index contributed by atoms with van der Waals surface area (Å²) in [4.78, 5) is 13.7. The molecule has 0 atom stereocenters. The second-order valence-electron chi connectivity index (χ2n) is 7.29. The fourth-order valence-electron chi connectivity index (χ4n) is 3.81. The van der Waals surface area contributed by atoms with Gasteiger partial charge in [0.15, 0.2) is 0 Å². The molecule has 4 rings (SSSR count). The first kappa shape index (κ1) is 20.3. The van der Waals surface area contributed by atoms with Crippen LogP contribution < -0.4 is 0 Å². The minimum atomic E-state index is -3.93. The Morgan fingerprint density at radius 2 is 1.50 bits per heavy atom. The van der Waals surface area contributed by atoms with Crippen molar-refractivity contribution in [2.45, 2.75) is 11.4 Å². The van der Waals surface area contributed by atoms with Crippen LogP contribution in [0.3, 0.4) is 0 Å². The minimum Gasteiger partial charge on any atom is -0.506 e. The van der Waals surface area contributed by atoms with Gasteiger partial charge in [-0.2, -0.15) is 4.31 Å². The number of carboxylic acid groups (broad SMARTS) is 1. The first-order valence-corrected chi connectivity index (χ1v) is 11.1. The number of benzene rings is 3. The maximum Gasteiger partial charge on any atom is 0.339 e. The van der Waals surface area contributed by atoms with Gasteiger partial charge < -0.3 is 10.2 Å². The predicted molar refractivity (Wildman–Crippen MR) is 113 cm³/mol. The second-order valence-corrected chi connectivity index (χ2v) is 9.19. The van der Waals surface area contributed by atoms with E-state index in [2.05, 4.69) is 4.90 Å². The number of sulfonamides is 1. The first-order valence-electron chi connectivity index (χ1n) is 9.62. The highest BCUT2D eigenvalue weighted by Gasteiger charge is 2.31. The van der Waals surface area contributed by atoms with Gasteiger partial charge in [-0.3, -0.25) is 4.90 Å². The average molecular weight is 426 g/mol. The Balaban J connectivity index is 1.62. The summed E-state index contributed by atoms with van der Waals surface area (Å²) in [6.45, 7) is 2.53. The third-order valence-electron chi connectivity index (χ3n) is 5.41. The quantitative estimate of drug-likeness (QED) is 0.651. The van der Waals surface area contributed by atoms with Gasteiger partial charge in [0, 0.05) is 43.5 Å². The number of carbonyl (C=O) groups is 1. The summed E-state index contributed by atoms with van der Waals surface area (Å²) < 4.78 is 28.2. The van der Waals surface area contributed by atoms with Gasteiger partial charge >= 0.3 is 5.97 Å². The molecule has 0 bridgehead atoms. The van der Waals surface area contributed by atoms with Crippen LogP contribution in [0.15, 0.2) is 65.6 Å². The van der Waals surface area contributed by atoms with Gasteiger partial charge in [-0.05, 0) is 11.6 Å². The van der Waals surface area contributed by atoms with Crippen LogP contribution in [0, 0.1) is 0 Å². The van der Waals surface area contributed by atoms with E-state index in [9.17, 15) is 23.4 Å². The average Bonchev–Trinajstić information content (AvgIpc) is 2.75. The molecule has 8 heteroatoms. The monoisotopic (exact) mass is 426 g/mol. The summed E-state index contributed by atoms with van der Waals surface area (Å²) in [6, 6.07) is 17.5. The third kappa shape index (κ3) is 3.77. The molecule has 0 aromatic heterocycles. The van der Waals surface area contributed by atoms with Crippen LogP contribution in [0.4, 0.5) is 0 Å². The van der Waals surface area contributed by atoms with Crippen molar-refractivity contribution < 1.29 is 23.4 Å². The van der Waals surface area contributed by atoms with Gasteiger partial charge in [0.25, 0.3) is 0 Å². The highest BCUT2D eigenvalue weighted by molar-refractivity contribution is 7.89. The highest BCUT2D eigenvalue weighted by atomic mass is 32.2. The van der Waals surface area contributed by atoms with Crippen molar-refractivity contribution in [1.82, 2.24) is 9.21 Å². The summed E-state index contributed by atoms with van der Waals surface area (Å²) in [5.74, 6) is -1.80. The molecule has 30 heavy (non-hydrogen) atoms. The minimum absolute atomic E-state index is 0.0928. The van der Waals surface area contributed by atoms with Gasteiger partial charge in [0.2, 0.25) is 10.0 Å². The number of piperazine rings is 1. The fraction of sp³-hybridized carbons (Fsp3) is 0.227. The van der Waals surface area contributed by atoms with E-state index in [1.54, 1.807) is 18.2 Å². The van der Waals surface area contributed by atoms with Crippen molar-refractivity contribution >= 4 is 26.8 Å². The maximum absolute atomic E-state index is 13.4. The van der Waals surface area contributed by atoms with Gasteiger partial charge in [0.05, 0.1) is 4.90 Å². The third-order valence-corrected chi connectivity index (χ3v) is 7.35. The van der Waals surface area contributed by atoms with Crippen LogP contribution in [0.25, 0.3) is 10.8 Å². The molecule has 0 aliphatic carbocycles. The van der Waals surface area contributed by atoms with E-state index in [1.165, 1.54) is 15.9 Å². The molecule has 1 aliphatic rings. The number of carboxylic acids is 1. The van der Waals surface area contributed by atoms with Crippen molar-refractivity contribution in [2.24, 2.45) is 0 Å². The van der Waals surface area contributed by atoms with Crippen LogP contribution in [0.5, 0.6) is 5.75 Å². The van der Waals surface area contributed by atoms with E-state index in [-0.39, 0.29) is 10.3 Å².